The minimum atomic E-state index is -0.320. The summed E-state index contributed by atoms with van der Waals surface area (Å²) in [4.78, 5) is 28.3. The van der Waals surface area contributed by atoms with Crippen molar-refractivity contribution in [3.05, 3.63) is 88.8 Å². The molecule has 0 atom stereocenters. The van der Waals surface area contributed by atoms with Crippen LogP contribution in [0.25, 0.3) is 5.69 Å². The fraction of sp³-hybridized carbons (Fsp3) is 0.240. The van der Waals surface area contributed by atoms with E-state index in [1.54, 1.807) is 29.3 Å². The maximum atomic E-state index is 13.1. The molecule has 0 saturated heterocycles. The molecular formula is C25H25N7O. The summed E-state index contributed by atoms with van der Waals surface area (Å²) in [6.07, 6.45) is 9.57. The van der Waals surface area contributed by atoms with Crippen LogP contribution in [0, 0.1) is 13.8 Å². The number of amides is 1. The Balaban J connectivity index is 1.37. The van der Waals surface area contributed by atoms with Crippen molar-refractivity contribution >= 4 is 17.5 Å². The topological polar surface area (TPSA) is 88.8 Å². The number of hydrogen-bond acceptors (Lipinski definition) is 6. The van der Waals surface area contributed by atoms with Gasteiger partial charge in [0, 0.05) is 31.7 Å². The third-order valence-corrected chi connectivity index (χ3v) is 6.03. The van der Waals surface area contributed by atoms with Crippen LogP contribution in [0.4, 0.5) is 11.6 Å². The van der Waals surface area contributed by atoms with E-state index >= 15 is 0 Å². The van der Waals surface area contributed by atoms with E-state index in [1.165, 1.54) is 22.3 Å². The molecule has 0 saturated carbocycles. The van der Waals surface area contributed by atoms with Crippen molar-refractivity contribution in [1.29, 1.82) is 0 Å². The molecule has 8 nitrogen and oxygen atoms in total. The van der Waals surface area contributed by atoms with Gasteiger partial charge < -0.3 is 10.2 Å². The Morgan fingerprint density at radius 3 is 2.52 bits per heavy atom. The Morgan fingerprint density at radius 2 is 1.82 bits per heavy atom. The van der Waals surface area contributed by atoms with Gasteiger partial charge in [-0.05, 0) is 60.2 Å². The highest BCUT2D eigenvalue weighted by atomic mass is 16.1. The molecule has 1 aliphatic rings. The van der Waals surface area contributed by atoms with Gasteiger partial charge in [0.25, 0.3) is 5.91 Å². The van der Waals surface area contributed by atoms with Crippen molar-refractivity contribution in [2.75, 3.05) is 10.2 Å². The zero-order valence-electron chi connectivity index (χ0n) is 18.9. The second kappa shape index (κ2) is 8.46. The van der Waals surface area contributed by atoms with Crippen LogP contribution in [0.2, 0.25) is 0 Å². The predicted octanol–water partition coefficient (Wildman–Crippen LogP) is 4.01. The predicted molar refractivity (Wildman–Crippen MR) is 127 cm³/mol. The summed E-state index contributed by atoms with van der Waals surface area (Å²) in [5.41, 5.74) is 7.83. The van der Waals surface area contributed by atoms with E-state index in [-0.39, 0.29) is 5.91 Å². The number of carbonyl (C=O) groups excluding carboxylic acids is 1. The first-order valence-electron chi connectivity index (χ1n) is 11.0. The number of rotatable bonds is 5. The van der Waals surface area contributed by atoms with E-state index < -0.39 is 0 Å². The highest BCUT2D eigenvalue weighted by molar-refractivity contribution is 6.04. The van der Waals surface area contributed by atoms with E-state index in [2.05, 4.69) is 63.2 Å². The zero-order valence-corrected chi connectivity index (χ0v) is 18.9. The van der Waals surface area contributed by atoms with Gasteiger partial charge in [-0.2, -0.15) is 5.10 Å². The molecule has 166 valence electrons. The van der Waals surface area contributed by atoms with Gasteiger partial charge >= 0.3 is 0 Å². The SMILES string of the molecule is CCc1cnn(-c2ccncc2NC(=O)c2ccnc(N3Cc4cc(C)c(C)cc4C3)n2)c1. The average molecular weight is 440 g/mol. The lowest BCUT2D eigenvalue weighted by Crippen LogP contribution is -2.21. The molecule has 3 aromatic heterocycles. The number of fused-ring (bicyclic) bond motifs is 1. The Morgan fingerprint density at radius 1 is 1.06 bits per heavy atom. The lowest BCUT2D eigenvalue weighted by atomic mass is 10.0. The fourth-order valence-electron chi connectivity index (χ4n) is 4.01. The quantitative estimate of drug-likeness (QED) is 0.505. The molecule has 5 rings (SSSR count). The summed E-state index contributed by atoms with van der Waals surface area (Å²) < 4.78 is 1.74. The Kier molecular flexibility index (Phi) is 5.34. The van der Waals surface area contributed by atoms with Crippen LogP contribution in [0.5, 0.6) is 0 Å². The molecule has 0 spiro atoms. The first-order chi connectivity index (χ1) is 16.0. The summed E-state index contributed by atoms with van der Waals surface area (Å²) in [5.74, 6) is 0.222. The molecule has 4 aromatic rings. The molecular weight excluding hydrogens is 414 g/mol. The third kappa shape index (κ3) is 4.07. The van der Waals surface area contributed by atoms with E-state index in [0.29, 0.717) is 17.3 Å². The van der Waals surface area contributed by atoms with Crippen LogP contribution >= 0.6 is 0 Å². The van der Waals surface area contributed by atoms with Crippen LogP contribution in [0.15, 0.2) is 55.2 Å². The van der Waals surface area contributed by atoms with Crippen LogP contribution < -0.4 is 10.2 Å². The second-order valence-corrected chi connectivity index (χ2v) is 8.30. The van der Waals surface area contributed by atoms with Crippen molar-refractivity contribution in [1.82, 2.24) is 24.7 Å². The lowest BCUT2D eigenvalue weighted by molar-refractivity contribution is 0.102. The number of nitrogens with zero attached hydrogens (tertiary/aromatic N) is 6. The minimum absolute atomic E-state index is 0.299. The zero-order chi connectivity index (χ0) is 22.9. The van der Waals surface area contributed by atoms with Crippen molar-refractivity contribution in [2.24, 2.45) is 0 Å². The third-order valence-electron chi connectivity index (χ3n) is 6.03. The van der Waals surface area contributed by atoms with Crippen LogP contribution in [-0.4, -0.2) is 30.6 Å². The molecule has 0 fully saturated rings. The minimum Gasteiger partial charge on any atom is -0.332 e. The number of aryl methyl sites for hydroxylation is 3. The summed E-state index contributed by atoms with van der Waals surface area (Å²) in [6, 6.07) is 7.89. The molecule has 0 aliphatic carbocycles. The number of hydrogen-bond donors (Lipinski definition) is 1. The van der Waals surface area contributed by atoms with Crippen molar-refractivity contribution in [3.8, 4) is 5.69 Å². The van der Waals surface area contributed by atoms with Gasteiger partial charge in [-0.25, -0.2) is 14.6 Å². The molecule has 0 unspecified atom stereocenters. The normalized spacial score (nSPS) is 12.6. The number of carbonyl (C=O) groups is 1. The largest absolute Gasteiger partial charge is 0.332 e. The number of anilines is 2. The smallest absolute Gasteiger partial charge is 0.274 e. The number of nitrogens with one attached hydrogen (secondary N) is 1. The maximum absolute atomic E-state index is 13.1. The monoisotopic (exact) mass is 439 g/mol. The van der Waals surface area contributed by atoms with Gasteiger partial charge in [-0.3, -0.25) is 9.78 Å². The summed E-state index contributed by atoms with van der Waals surface area (Å²) >= 11 is 0. The molecule has 33 heavy (non-hydrogen) atoms. The summed E-state index contributed by atoms with van der Waals surface area (Å²) in [5, 5.41) is 7.33. The Labute approximate surface area is 192 Å². The molecule has 1 amide bonds. The van der Waals surface area contributed by atoms with E-state index in [4.69, 9.17) is 0 Å². The molecule has 1 aromatic carbocycles. The van der Waals surface area contributed by atoms with Gasteiger partial charge in [0.05, 0.1) is 23.8 Å². The summed E-state index contributed by atoms with van der Waals surface area (Å²) in [6.45, 7) is 7.78. The van der Waals surface area contributed by atoms with Crippen molar-refractivity contribution in [2.45, 2.75) is 40.3 Å². The average Bonchev–Trinajstić information content (AvgIpc) is 3.47. The first-order valence-corrected chi connectivity index (χ1v) is 11.0. The molecule has 8 heteroatoms. The molecule has 0 bridgehead atoms. The molecule has 1 N–H and O–H groups in total. The standard InChI is InChI=1S/C25H25N7O/c1-4-18-11-28-32(13-18)23-6-7-26-12-22(23)29-24(33)21-5-8-27-25(30-21)31-14-19-9-16(2)17(3)10-20(19)15-31/h5-13H,4,14-15H2,1-3H3,(H,29,33). The van der Waals surface area contributed by atoms with Crippen molar-refractivity contribution in [3.63, 3.8) is 0 Å². The van der Waals surface area contributed by atoms with Crippen LogP contribution in [0.1, 0.15) is 45.2 Å². The fourth-order valence-corrected chi connectivity index (χ4v) is 4.01. The molecule has 1 aliphatic heterocycles. The Hall–Kier alpha value is -4.07. The maximum Gasteiger partial charge on any atom is 0.274 e. The number of aromatic nitrogens is 5. The highest BCUT2D eigenvalue weighted by Crippen LogP contribution is 2.28. The lowest BCUT2D eigenvalue weighted by Gasteiger charge is -2.16. The van der Waals surface area contributed by atoms with Gasteiger partial charge in [-0.1, -0.05) is 19.1 Å². The first kappa shape index (κ1) is 20.8. The molecule has 4 heterocycles. The molecule has 0 radical (unpaired) electrons. The van der Waals surface area contributed by atoms with E-state index in [0.717, 1.165) is 30.8 Å². The van der Waals surface area contributed by atoms with Crippen molar-refractivity contribution < 1.29 is 4.79 Å². The van der Waals surface area contributed by atoms with E-state index in [9.17, 15) is 4.79 Å². The van der Waals surface area contributed by atoms with E-state index in [1.807, 2.05) is 18.5 Å². The number of benzene rings is 1. The second-order valence-electron chi connectivity index (χ2n) is 8.30. The Bertz CT molecular complexity index is 1310. The van der Waals surface area contributed by atoms with Crippen LogP contribution in [-0.2, 0) is 19.5 Å². The number of pyridine rings is 1. The highest BCUT2D eigenvalue weighted by Gasteiger charge is 2.23. The van der Waals surface area contributed by atoms with Gasteiger partial charge in [-0.15, -0.1) is 0 Å². The van der Waals surface area contributed by atoms with Gasteiger partial charge in [0.1, 0.15) is 5.69 Å². The van der Waals surface area contributed by atoms with Gasteiger partial charge in [0.15, 0.2) is 0 Å². The van der Waals surface area contributed by atoms with Crippen LogP contribution in [0.3, 0.4) is 0 Å². The van der Waals surface area contributed by atoms with Gasteiger partial charge in [0.2, 0.25) is 5.95 Å². The summed E-state index contributed by atoms with van der Waals surface area (Å²) in [7, 11) is 0.